The van der Waals surface area contributed by atoms with Gasteiger partial charge in [-0.1, -0.05) is 48.5 Å². The third-order valence-electron chi connectivity index (χ3n) is 6.67. The molecule has 1 N–H and O–H groups in total. The molecule has 2 bridgehead atoms. The maximum atomic E-state index is 6.45. The minimum absolute atomic E-state index is 0.254. The minimum Gasteiger partial charge on any atom is -0.376 e. The fourth-order valence-electron chi connectivity index (χ4n) is 4.46. The van der Waals surface area contributed by atoms with Gasteiger partial charge in [0, 0.05) is 6.04 Å². The van der Waals surface area contributed by atoms with E-state index < -0.39 is 0 Å². The summed E-state index contributed by atoms with van der Waals surface area (Å²) in [4.78, 5) is 0. The second-order valence-corrected chi connectivity index (χ2v) is 8.91. The molecule has 2 heteroatoms. The van der Waals surface area contributed by atoms with Gasteiger partial charge >= 0.3 is 0 Å². The predicted octanol–water partition coefficient (Wildman–Crippen LogP) is 4.24. The van der Waals surface area contributed by atoms with Crippen LogP contribution in [-0.2, 0) is 4.74 Å². The average Bonchev–Trinajstić information content (AvgIpc) is 2.65. The van der Waals surface area contributed by atoms with Gasteiger partial charge in [0.15, 0.2) is 0 Å². The Balaban J connectivity index is 1.98. The zero-order valence-corrected chi connectivity index (χ0v) is 14.7. The molecule has 2 rings (SSSR count). The van der Waals surface area contributed by atoms with Crippen LogP contribution in [0.3, 0.4) is 0 Å². The second-order valence-electron chi connectivity index (χ2n) is 8.91. The molecule has 4 unspecified atom stereocenters. The molecule has 0 amide bonds. The van der Waals surface area contributed by atoms with Crippen LogP contribution in [0.25, 0.3) is 0 Å². The number of hydrogen-bond donors (Lipinski definition) is 1. The molecule has 2 aliphatic carbocycles. The van der Waals surface area contributed by atoms with Crippen molar-refractivity contribution < 1.29 is 4.74 Å². The number of ether oxygens (including phenoxy) is 1. The van der Waals surface area contributed by atoms with Crippen molar-refractivity contribution in [3.8, 4) is 0 Å². The maximum Gasteiger partial charge on any atom is 0.0637 e. The summed E-state index contributed by atoms with van der Waals surface area (Å²) in [5.41, 5.74) is 1.09. The fraction of sp³-hybridized carbons (Fsp3) is 1.00. The van der Waals surface area contributed by atoms with Gasteiger partial charge in [0.25, 0.3) is 0 Å². The number of hydrogen-bond acceptors (Lipinski definition) is 2. The lowest BCUT2D eigenvalue weighted by molar-refractivity contribution is -0.0621. The Labute approximate surface area is 126 Å². The quantitative estimate of drug-likeness (QED) is 0.813. The molecule has 0 saturated heterocycles. The number of nitrogens with one attached hydrogen (secondary N) is 1. The summed E-state index contributed by atoms with van der Waals surface area (Å²) in [6, 6.07) is 0.443. The van der Waals surface area contributed by atoms with E-state index in [4.69, 9.17) is 4.74 Å². The summed E-state index contributed by atoms with van der Waals surface area (Å²) in [6.07, 6.45) is 4.47. The molecule has 118 valence electrons. The van der Waals surface area contributed by atoms with Crippen molar-refractivity contribution in [1.82, 2.24) is 5.32 Å². The van der Waals surface area contributed by atoms with Gasteiger partial charge in [-0.25, -0.2) is 0 Å². The Morgan fingerprint density at radius 3 is 2.30 bits per heavy atom. The van der Waals surface area contributed by atoms with Crippen LogP contribution in [-0.4, -0.2) is 25.3 Å². The highest BCUT2D eigenvalue weighted by atomic mass is 16.5. The topological polar surface area (TPSA) is 21.3 Å². The molecular formula is C18H35NO. The summed E-state index contributed by atoms with van der Waals surface area (Å²) < 4.78 is 6.45. The molecule has 0 aromatic heterocycles. The Hall–Kier alpha value is -0.0800. The number of fused-ring (bicyclic) bond motifs is 2. The summed E-state index contributed by atoms with van der Waals surface area (Å²) in [5, 5.41) is 3.60. The largest absolute Gasteiger partial charge is 0.376 e. The molecule has 0 aliphatic heterocycles. The smallest absolute Gasteiger partial charge is 0.0637 e. The Morgan fingerprint density at radius 1 is 1.25 bits per heavy atom. The van der Waals surface area contributed by atoms with Crippen molar-refractivity contribution in [2.75, 3.05) is 13.2 Å². The lowest BCUT2D eigenvalue weighted by Gasteiger charge is -2.40. The Morgan fingerprint density at radius 2 is 1.90 bits per heavy atom. The molecule has 2 aliphatic rings. The molecule has 0 heterocycles. The van der Waals surface area contributed by atoms with E-state index in [2.05, 4.69) is 53.8 Å². The molecule has 2 saturated carbocycles. The average molecular weight is 281 g/mol. The second kappa shape index (κ2) is 5.28. The SMILES string of the molecule is CCNC(COC1CC2CCC1(C)C2(C)C)C(C)(C)C. The minimum atomic E-state index is 0.254. The van der Waals surface area contributed by atoms with Crippen LogP contribution in [0.4, 0.5) is 0 Å². The molecule has 0 aromatic rings. The van der Waals surface area contributed by atoms with Crippen LogP contribution in [0.1, 0.15) is 67.7 Å². The van der Waals surface area contributed by atoms with Crippen molar-refractivity contribution in [3.05, 3.63) is 0 Å². The summed E-state index contributed by atoms with van der Waals surface area (Å²) in [5.74, 6) is 0.865. The van der Waals surface area contributed by atoms with Gasteiger partial charge in [-0.05, 0) is 48.0 Å². The van der Waals surface area contributed by atoms with Crippen LogP contribution in [0.2, 0.25) is 0 Å². The van der Waals surface area contributed by atoms with Gasteiger partial charge in [-0.3, -0.25) is 0 Å². The highest BCUT2D eigenvalue weighted by molar-refractivity contribution is 5.11. The third kappa shape index (κ3) is 2.54. The van der Waals surface area contributed by atoms with E-state index in [0.29, 0.717) is 23.0 Å². The van der Waals surface area contributed by atoms with E-state index in [-0.39, 0.29) is 5.41 Å². The molecule has 20 heavy (non-hydrogen) atoms. The van der Waals surface area contributed by atoms with Crippen molar-refractivity contribution in [2.45, 2.75) is 79.9 Å². The van der Waals surface area contributed by atoms with E-state index >= 15 is 0 Å². The van der Waals surface area contributed by atoms with Gasteiger partial charge < -0.3 is 10.1 Å². The van der Waals surface area contributed by atoms with Crippen LogP contribution in [0.15, 0.2) is 0 Å². The molecule has 2 fully saturated rings. The third-order valence-corrected chi connectivity index (χ3v) is 6.67. The van der Waals surface area contributed by atoms with Gasteiger partial charge in [0.1, 0.15) is 0 Å². The molecule has 0 spiro atoms. The first-order chi connectivity index (χ1) is 9.13. The first kappa shape index (κ1) is 16.3. The molecular weight excluding hydrogens is 246 g/mol. The zero-order chi connectivity index (χ0) is 15.2. The van der Waals surface area contributed by atoms with E-state index in [1.165, 1.54) is 19.3 Å². The normalized spacial score (nSPS) is 37.4. The molecule has 4 atom stereocenters. The van der Waals surface area contributed by atoms with E-state index in [1.807, 2.05) is 0 Å². The van der Waals surface area contributed by atoms with Gasteiger partial charge in [-0.15, -0.1) is 0 Å². The van der Waals surface area contributed by atoms with Crippen molar-refractivity contribution in [2.24, 2.45) is 22.2 Å². The lowest BCUT2D eigenvalue weighted by atomic mass is 9.70. The van der Waals surface area contributed by atoms with Gasteiger partial charge in [-0.2, -0.15) is 0 Å². The van der Waals surface area contributed by atoms with Gasteiger partial charge in [0.05, 0.1) is 12.7 Å². The monoisotopic (exact) mass is 281 g/mol. The Kier molecular flexibility index (Phi) is 4.30. The highest BCUT2D eigenvalue weighted by Crippen LogP contribution is 2.66. The van der Waals surface area contributed by atoms with Crippen molar-refractivity contribution >= 4 is 0 Å². The number of rotatable bonds is 5. The predicted molar refractivity (Wildman–Crippen MR) is 85.9 cm³/mol. The van der Waals surface area contributed by atoms with Crippen LogP contribution >= 0.6 is 0 Å². The van der Waals surface area contributed by atoms with Crippen LogP contribution < -0.4 is 5.32 Å². The molecule has 2 nitrogen and oxygen atoms in total. The summed E-state index contributed by atoms with van der Waals surface area (Å²) in [6.45, 7) is 18.3. The standard InChI is InChI=1S/C18H35NO/c1-8-19-14(16(2,3)4)12-20-15-11-13-9-10-18(15,7)17(13,5)6/h13-15,19H,8-12H2,1-7H3. The molecule has 0 aromatic carbocycles. The summed E-state index contributed by atoms with van der Waals surface area (Å²) >= 11 is 0. The first-order valence-electron chi connectivity index (χ1n) is 8.48. The van der Waals surface area contributed by atoms with E-state index in [1.54, 1.807) is 0 Å². The van der Waals surface area contributed by atoms with Crippen molar-refractivity contribution in [1.29, 1.82) is 0 Å². The fourth-order valence-corrected chi connectivity index (χ4v) is 4.46. The van der Waals surface area contributed by atoms with Gasteiger partial charge in [0.2, 0.25) is 0 Å². The van der Waals surface area contributed by atoms with Crippen LogP contribution in [0, 0.1) is 22.2 Å². The maximum absolute atomic E-state index is 6.45. The van der Waals surface area contributed by atoms with E-state index in [0.717, 1.165) is 19.1 Å². The highest BCUT2D eigenvalue weighted by Gasteiger charge is 2.61. The zero-order valence-electron chi connectivity index (χ0n) is 14.7. The molecule has 0 radical (unpaired) electrons. The van der Waals surface area contributed by atoms with Crippen LogP contribution in [0.5, 0.6) is 0 Å². The van der Waals surface area contributed by atoms with Crippen molar-refractivity contribution in [3.63, 3.8) is 0 Å². The first-order valence-corrected chi connectivity index (χ1v) is 8.48. The van der Waals surface area contributed by atoms with E-state index in [9.17, 15) is 0 Å². The number of likely N-dealkylation sites (N-methyl/N-ethyl adjacent to an activating group) is 1. The Bertz CT molecular complexity index is 344. The summed E-state index contributed by atoms with van der Waals surface area (Å²) in [7, 11) is 0. The lowest BCUT2D eigenvalue weighted by Crippen LogP contribution is -2.46.